The van der Waals surface area contributed by atoms with Crippen molar-refractivity contribution in [1.82, 2.24) is 10.2 Å². The van der Waals surface area contributed by atoms with Crippen molar-refractivity contribution < 1.29 is 4.74 Å². The molecule has 3 heteroatoms. The van der Waals surface area contributed by atoms with Crippen LogP contribution >= 0.6 is 0 Å². The minimum absolute atomic E-state index is 0.825. The molecule has 1 aliphatic heterocycles. The highest BCUT2D eigenvalue weighted by molar-refractivity contribution is 4.72. The Morgan fingerprint density at radius 2 is 2.19 bits per heavy atom. The Morgan fingerprint density at radius 3 is 2.94 bits per heavy atom. The lowest BCUT2D eigenvalue weighted by atomic mass is 9.96. The maximum atomic E-state index is 5.28. The second kappa shape index (κ2) is 8.97. The van der Waals surface area contributed by atoms with Gasteiger partial charge < -0.3 is 15.0 Å². The van der Waals surface area contributed by atoms with Gasteiger partial charge in [0.15, 0.2) is 0 Å². The van der Waals surface area contributed by atoms with E-state index in [4.69, 9.17) is 4.74 Å². The van der Waals surface area contributed by atoms with Crippen molar-refractivity contribution in [3.05, 3.63) is 0 Å². The first kappa shape index (κ1) is 13.9. The standard InChI is InChI=1S/C13H28N2O/c1-3-13-6-5-9-15(12-13)10-7-14-8-11-16-4-2/h13-14H,3-12H2,1-2H3. The molecular formula is C13H28N2O. The van der Waals surface area contributed by atoms with E-state index in [2.05, 4.69) is 17.1 Å². The third-order valence-corrected chi connectivity index (χ3v) is 3.41. The second-order valence-electron chi connectivity index (χ2n) is 4.66. The van der Waals surface area contributed by atoms with E-state index in [1.165, 1.54) is 38.9 Å². The van der Waals surface area contributed by atoms with Crippen molar-refractivity contribution in [3.63, 3.8) is 0 Å². The monoisotopic (exact) mass is 228 g/mol. The van der Waals surface area contributed by atoms with Crippen molar-refractivity contribution in [2.75, 3.05) is 45.9 Å². The maximum absolute atomic E-state index is 5.28. The van der Waals surface area contributed by atoms with Crippen LogP contribution < -0.4 is 5.32 Å². The molecule has 0 radical (unpaired) electrons. The van der Waals surface area contributed by atoms with E-state index in [1.807, 2.05) is 6.92 Å². The zero-order valence-electron chi connectivity index (χ0n) is 11.0. The molecule has 1 atom stereocenters. The van der Waals surface area contributed by atoms with Gasteiger partial charge in [0.1, 0.15) is 0 Å². The smallest absolute Gasteiger partial charge is 0.0590 e. The second-order valence-corrected chi connectivity index (χ2v) is 4.66. The highest BCUT2D eigenvalue weighted by Gasteiger charge is 2.17. The largest absolute Gasteiger partial charge is 0.380 e. The zero-order chi connectivity index (χ0) is 11.6. The van der Waals surface area contributed by atoms with E-state index in [0.29, 0.717) is 0 Å². The molecule has 0 saturated carbocycles. The normalized spacial score (nSPS) is 22.5. The number of nitrogens with zero attached hydrogens (tertiary/aromatic N) is 1. The third-order valence-electron chi connectivity index (χ3n) is 3.41. The SMILES string of the molecule is CCOCCNCCN1CCCC(CC)C1. The number of hydrogen-bond donors (Lipinski definition) is 1. The number of piperidine rings is 1. The Bertz CT molecular complexity index is 164. The van der Waals surface area contributed by atoms with Gasteiger partial charge in [0.25, 0.3) is 0 Å². The van der Waals surface area contributed by atoms with Crippen molar-refractivity contribution in [3.8, 4) is 0 Å². The van der Waals surface area contributed by atoms with Gasteiger partial charge in [-0.3, -0.25) is 0 Å². The molecule has 1 aliphatic rings. The molecule has 0 aromatic carbocycles. The minimum Gasteiger partial charge on any atom is -0.380 e. The lowest BCUT2D eigenvalue weighted by molar-refractivity contribution is 0.144. The molecule has 1 N–H and O–H groups in total. The number of hydrogen-bond acceptors (Lipinski definition) is 3. The van der Waals surface area contributed by atoms with E-state index >= 15 is 0 Å². The van der Waals surface area contributed by atoms with Crippen molar-refractivity contribution in [2.24, 2.45) is 5.92 Å². The summed E-state index contributed by atoms with van der Waals surface area (Å²) in [5.41, 5.74) is 0. The Kier molecular flexibility index (Phi) is 7.81. The fourth-order valence-corrected chi connectivity index (χ4v) is 2.34. The zero-order valence-corrected chi connectivity index (χ0v) is 11.0. The minimum atomic E-state index is 0.825. The quantitative estimate of drug-likeness (QED) is 0.640. The molecule has 1 saturated heterocycles. The van der Waals surface area contributed by atoms with Gasteiger partial charge in [-0.05, 0) is 32.2 Å². The van der Waals surface area contributed by atoms with Crippen molar-refractivity contribution >= 4 is 0 Å². The van der Waals surface area contributed by atoms with Gasteiger partial charge in [-0.1, -0.05) is 13.3 Å². The van der Waals surface area contributed by atoms with Gasteiger partial charge in [-0.2, -0.15) is 0 Å². The van der Waals surface area contributed by atoms with Crippen LogP contribution in [-0.2, 0) is 4.74 Å². The van der Waals surface area contributed by atoms with E-state index in [-0.39, 0.29) is 0 Å². The van der Waals surface area contributed by atoms with Crippen molar-refractivity contribution in [1.29, 1.82) is 0 Å². The van der Waals surface area contributed by atoms with Crippen molar-refractivity contribution in [2.45, 2.75) is 33.1 Å². The first-order chi connectivity index (χ1) is 7.86. The maximum Gasteiger partial charge on any atom is 0.0590 e. The number of ether oxygens (including phenoxy) is 1. The van der Waals surface area contributed by atoms with Crippen LogP contribution in [0.5, 0.6) is 0 Å². The molecule has 1 fully saturated rings. The summed E-state index contributed by atoms with van der Waals surface area (Å²) < 4.78 is 5.28. The molecular weight excluding hydrogens is 200 g/mol. The molecule has 0 aromatic heterocycles. The molecule has 16 heavy (non-hydrogen) atoms. The molecule has 1 rings (SSSR count). The summed E-state index contributed by atoms with van der Waals surface area (Å²) >= 11 is 0. The summed E-state index contributed by atoms with van der Waals surface area (Å²) in [7, 11) is 0. The predicted octanol–water partition coefficient (Wildman–Crippen LogP) is 1.73. The third kappa shape index (κ3) is 5.83. The fraction of sp³-hybridized carbons (Fsp3) is 1.00. The number of rotatable bonds is 8. The van der Waals surface area contributed by atoms with Crippen LogP contribution in [0, 0.1) is 5.92 Å². The summed E-state index contributed by atoms with van der Waals surface area (Å²) in [6.45, 7) is 11.9. The van der Waals surface area contributed by atoms with E-state index in [0.717, 1.165) is 32.2 Å². The number of likely N-dealkylation sites (tertiary alicyclic amines) is 1. The predicted molar refractivity (Wildman–Crippen MR) is 68.8 cm³/mol. The lowest BCUT2D eigenvalue weighted by Gasteiger charge is -2.32. The number of nitrogens with one attached hydrogen (secondary N) is 1. The molecule has 3 nitrogen and oxygen atoms in total. The summed E-state index contributed by atoms with van der Waals surface area (Å²) in [5, 5.41) is 3.43. The highest BCUT2D eigenvalue weighted by Crippen LogP contribution is 2.18. The average Bonchev–Trinajstić information content (AvgIpc) is 2.34. The first-order valence-electron chi connectivity index (χ1n) is 6.87. The molecule has 0 aliphatic carbocycles. The van der Waals surface area contributed by atoms with Crippen LogP contribution in [0.4, 0.5) is 0 Å². The van der Waals surface area contributed by atoms with E-state index in [9.17, 15) is 0 Å². The molecule has 1 unspecified atom stereocenters. The molecule has 0 bridgehead atoms. The van der Waals surface area contributed by atoms with E-state index < -0.39 is 0 Å². The highest BCUT2D eigenvalue weighted by atomic mass is 16.5. The summed E-state index contributed by atoms with van der Waals surface area (Å²) in [4.78, 5) is 2.60. The van der Waals surface area contributed by atoms with Crippen LogP contribution in [0.25, 0.3) is 0 Å². The van der Waals surface area contributed by atoms with Gasteiger partial charge in [-0.25, -0.2) is 0 Å². The Labute approximate surface area is 101 Å². The van der Waals surface area contributed by atoms with Crippen LogP contribution in [0.15, 0.2) is 0 Å². The van der Waals surface area contributed by atoms with Gasteiger partial charge in [-0.15, -0.1) is 0 Å². The summed E-state index contributed by atoms with van der Waals surface area (Å²) in [6.07, 6.45) is 4.16. The van der Waals surface area contributed by atoms with Gasteiger partial charge in [0.2, 0.25) is 0 Å². The molecule has 0 spiro atoms. The van der Waals surface area contributed by atoms with Gasteiger partial charge in [0, 0.05) is 32.8 Å². The Morgan fingerprint density at radius 1 is 1.31 bits per heavy atom. The Balaban J connectivity index is 1.95. The molecule has 0 amide bonds. The Hall–Kier alpha value is -0.120. The fourth-order valence-electron chi connectivity index (χ4n) is 2.34. The first-order valence-corrected chi connectivity index (χ1v) is 6.87. The molecule has 1 heterocycles. The molecule has 96 valence electrons. The molecule has 0 aromatic rings. The van der Waals surface area contributed by atoms with E-state index in [1.54, 1.807) is 0 Å². The summed E-state index contributed by atoms with van der Waals surface area (Å²) in [6, 6.07) is 0. The van der Waals surface area contributed by atoms with Gasteiger partial charge in [0.05, 0.1) is 6.61 Å². The average molecular weight is 228 g/mol. The van der Waals surface area contributed by atoms with Crippen LogP contribution in [0.2, 0.25) is 0 Å². The lowest BCUT2D eigenvalue weighted by Crippen LogP contribution is -2.39. The van der Waals surface area contributed by atoms with Crippen LogP contribution in [0.3, 0.4) is 0 Å². The van der Waals surface area contributed by atoms with Crippen LogP contribution in [-0.4, -0.2) is 50.8 Å². The summed E-state index contributed by atoms with van der Waals surface area (Å²) in [5.74, 6) is 0.942. The van der Waals surface area contributed by atoms with Crippen LogP contribution in [0.1, 0.15) is 33.1 Å². The van der Waals surface area contributed by atoms with Gasteiger partial charge >= 0.3 is 0 Å². The topological polar surface area (TPSA) is 24.5 Å².